The molecule has 67 heavy (non-hydrogen) atoms. The number of nitrogens with zero attached hydrogens (tertiary/aromatic N) is 5. The SMILES string of the molecule is Cc1cc(C#Cc2cc(Br)c(CC#N)c(F)c2CC#N)cc(C(F)(F)F)c1.[C-]#[N+]c1ccc(C#Cc2cc(C#Cc3cc(C)cc(C(F)(F)F)c3)c(CC#N)c(F)c2CC#N)cc1C(F)(F)F. The Morgan fingerprint density at radius 3 is 1.27 bits per heavy atom. The summed E-state index contributed by atoms with van der Waals surface area (Å²) in [6, 6.07) is 19.3. The maximum atomic E-state index is 15.5. The van der Waals surface area contributed by atoms with Crippen molar-refractivity contribution in [3.05, 3.63) is 178 Å². The van der Waals surface area contributed by atoms with Gasteiger partial charge in [-0.3, -0.25) is 0 Å². The van der Waals surface area contributed by atoms with E-state index in [2.05, 4.69) is 56.3 Å². The zero-order chi connectivity index (χ0) is 49.9. The highest BCUT2D eigenvalue weighted by atomic mass is 79.9. The number of halogens is 12. The fourth-order valence-electron chi connectivity index (χ4n) is 6.17. The van der Waals surface area contributed by atoms with Crippen molar-refractivity contribution in [2.24, 2.45) is 0 Å². The van der Waals surface area contributed by atoms with Gasteiger partial charge < -0.3 is 0 Å². The van der Waals surface area contributed by atoms with E-state index in [0.29, 0.717) is 16.1 Å². The monoisotopic (exact) mass is 983 g/mol. The van der Waals surface area contributed by atoms with Gasteiger partial charge in [-0.15, -0.1) is 0 Å². The fourth-order valence-corrected chi connectivity index (χ4v) is 6.71. The molecule has 0 fully saturated rings. The van der Waals surface area contributed by atoms with E-state index in [1.165, 1.54) is 44.2 Å². The molecule has 5 aromatic rings. The highest BCUT2D eigenvalue weighted by molar-refractivity contribution is 9.10. The first-order valence-electron chi connectivity index (χ1n) is 18.8. The summed E-state index contributed by atoms with van der Waals surface area (Å²) in [5.74, 6) is 13.7. The van der Waals surface area contributed by atoms with Gasteiger partial charge in [0.2, 0.25) is 0 Å². The van der Waals surface area contributed by atoms with Crippen LogP contribution in [0.15, 0.2) is 71.2 Å². The smallest absolute Gasteiger partial charge is 0.238 e. The predicted molar refractivity (Wildman–Crippen MR) is 226 cm³/mol. The van der Waals surface area contributed by atoms with Crippen LogP contribution in [0.1, 0.15) is 83.5 Å². The molecule has 0 aliphatic rings. The summed E-state index contributed by atoms with van der Waals surface area (Å²) < 4.78 is 149. The number of nitriles is 4. The van der Waals surface area contributed by atoms with Gasteiger partial charge >= 0.3 is 18.5 Å². The third-order valence-electron chi connectivity index (χ3n) is 9.16. The standard InChI is InChI=1S/C30H14F7N3.C20H11BrF4N2/c1-18-13-20(15-23(14-18)29(32,33)34)4-7-22-17-21(24(9-11-38)28(31)25(22)10-12-39)6-3-19-5-8-27(40-2)26(16-19)30(35,36)37;1-12-8-13(10-15(9-12)20(23,24)25)2-3-14-11-18(21)17(5-7-27)19(22)16(14)4-6-26/h5,8,13-17H,9-10H2,1H3;8-11H,4-5H2,1H3. The van der Waals surface area contributed by atoms with Gasteiger partial charge in [-0.2, -0.15) is 60.6 Å². The minimum absolute atomic E-state index is 0.0159. The van der Waals surface area contributed by atoms with Crippen LogP contribution in [0, 0.1) is 113 Å². The van der Waals surface area contributed by atoms with Crippen molar-refractivity contribution in [1.82, 2.24) is 0 Å². The van der Waals surface area contributed by atoms with Gasteiger partial charge in [0.1, 0.15) is 11.6 Å². The fraction of sp³-hybridized carbons (Fsp3) is 0.180. The largest absolute Gasteiger partial charge is 0.416 e. The van der Waals surface area contributed by atoms with Crippen molar-refractivity contribution < 1.29 is 48.3 Å². The Morgan fingerprint density at radius 1 is 0.493 bits per heavy atom. The molecule has 334 valence electrons. The molecular formula is C50H25BrF11N5. The second kappa shape index (κ2) is 21.7. The first kappa shape index (κ1) is 51.6. The molecule has 0 aromatic heterocycles. The van der Waals surface area contributed by atoms with E-state index in [-0.39, 0.29) is 74.0 Å². The number of alkyl halides is 9. The third-order valence-corrected chi connectivity index (χ3v) is 9.87. The maximum Gasteiger partial charge on any atom is 0.416 e. The third kappa shape index (κ3) is 13.5. The van der Waals surface area contributed by atoms with E-state index in [1.807, 2.05) is 12.1 Å². The second-order valence-corrected chi connectivity index (χ2v) is 14.9. The van der Waals surface area contributed by atoms with Crippen molar-refractivity contribution in [1.29, 1.82) is 21.0 Å². The molecule has 17 heteroatoms. The van der Waals surface area contributed by atoms with E-state index in [1.54, 1.807) is 12.1 Å². The van der Waals surface area contributed by atoms with Gasteiger partial charge in [0.25, 0.3) is 0 Å². The quantitative estimate of drug-likeness (QED) is 0.102. The van der Waals surface area contributed by atoms with E-state index < -0.39 is 65.4 Å². The van der Waals surface area contributed by atoms with Gasteiger partial charge in [0.05, 0.1) is 73.2 Å². The zero-order valence-corrected chi connectivity index (χ0v) is 36.0. The summed E-state index contributed by atoms with van der Waals surface area (Å²) in [5.41, 5.74) is -3.24. The molecule has 0 amide bonds. The molecular weight excluding hydrogens is 959 g/mol. The first-order chi connectivity index (χ1) is 31.4. The zero-order valence-electron chi connectivity index (χ0n) is 34.5. The molecule has 0 bridgehead atoms. The molecule has 0 saturated heterocycles. The number of hydrogen-bond donors (Lipinski definition) is 0. The van der Waals surface area contributed by atoms with E-state index in [4.69, 9.17) is 17.1 Å². The molecule has 0 unspecified atom stereocenters. The lowest BCUT2D eigenvalue weighted by Crippen LogP contribution is -2.06. The Hall–Kier alpha value is -8.06. The van der Waals surface area contributed by atoms with Crippen LogP contribution >= 0.6 is 15.9 Å². The second-order valence-electron chi connectivity index (χ2n) is 14.0. The van der Waals surface area contributed by atoms with Crippen molar-refractivity contribution in [3.63, 3.8) is 0 Å². The van der Waals surface area contributed by atoms with Crippen LogP contribution in [0.3, 0.4) is 0 Å². The summed E-state index contributed by atoms with van der Waals surface area (Å²) in [5, 5.41) is 36.1. The Bertz CT molecular complexity index is 3190. The molecule has 0 atom stereocenters. The lowest BCUT2D eigenvalue weighted by Gasteiger charge is -2.10. The molecule has 0 spiro atoms. The molecule has 5 aromatic carbocycles. The van der Waals surface area contributed by atoms with E-state index in [9.17, 15) is 54.4 Å². The predicted octanol–water partition coefficient (Wildman–Crippen LogP) is 13.1. The molecule has 0 saturated carbocycles. The van der Waals surface area contributed by atoms with Gasteiger partial charge in [0, 0.05) is 60.1 Å². The van der Waals surface area contributed by atoms with Gasteiger partial charge in [-0.1, -0.05) is 63.6 Å². The maximum absolute atomic E-state index is 15.5. The summed E-state index contributed by atoms with van der Waals surface area (Å²) in [7, 11) is 0. The minimum Gasteiger partial charge on any atom is -0.238 e. The van der Waals surface area contributed by atoms with Crippen LogP contribution in [0.25, 0.3) is 4.85 Å². The van der Waals surface area contributed by atoms with Crippen LogP contribution < -0.4 is 0 Å². The minimum atomic E-state index is -4.82. The highest BCUT2D eigenvalue weighted by Gasteiger charge is 2.34. The molecule has 0 radical (unpaired) electrons. The lowest BCUT2D eigenvalue weighted by molar-refractivity contribution is -0.138. The highest BCUT2D eigenvalue weighted by Crippen LogP contribution is 2.37. The van der Waals surface area contributed by atoms with Crippen LogP contribution in [-0.4, -0.2) is 0 Å². The molecule has 5 nitrogen and oxygen atoms in total. The Balaban J connectivity index is 0.000000316. The number of hydrogen-bond acceptors (Lipinski definition) is 4. The summed E-state index contributed by atoms with van der Waals surface area (Å²) in [4.78, 5) is 2.85. The topological polar surface area (TPSA) is 99.5 Å². The van der Waals surface area contributed by atoms with Crippen molar-refractivity contribution >= 4 is 21.6 Å². The van der Waals surface area contributed by atoms with Crippen molar-refractivity contribution in [2.75, 3.05) is 0 Å². The van der Waals surface area contributed by atoms with Crippen molar-refractivity contribution in [2.45, 2.75) is 58.1 Å². The van der Waals surface area contributed by atoms with Crippen LogP contribution in [0.2, 0.25) is 0 Å². The lowest BCUT2D eigenvalue weighted by atomic mass is 9.94. The van der Waals surface area contributed by atoms with E-state index in [0.717, 1.165) is 30.3 Å². The molecule has 0 N–H and O–H groups in total. The summed E-state index contributed by atoms with van der Waals surface area (Å²) in [6.07, 6.45) is -15.4. The number of benzene rings is 5. The van der Waals surface area contributed by atoms with Crippen LogP contribution in [0.4, 0.5) is 54.0 Å². The van der Waals surface area contributed by atoms with E-state index >= 15 is 4.39 Å². The summed E-state index contributed by atoms with van der Waals surface area (Å²) >= 11 is 3.17. The summed E-state index contributed by atoms with van der Waals surface area (Å²) in [6.45, 7) is 9.90. The van der Waals surface area contributed by atoms with Gasteiger partial charge in [-0.25, -0.2) is 13.6 Å². The Morgan fingerprint density at radius 2 is 0.881 bits per heavy atom. The molecule has 0 heterocycles. The van der Waals surface area contributed by atoms with Crippen LogP contribution in [-0.2, 0) is 44.2 Å². The molecule has 0 aliphatic carbocycles. The number of rotatable bonds is 4. The normalized spacial score (nSPS) is 10.6. The van der Waals surface area contributed by atoms with Gasteiger partial charge in [0.15, 0.2) is 5.69 Å². The first-order valence-corrected chi connectivity index (χ1v) is 19.6. The van der Waals surface area contributed by atoms with Crippen molar-refractivity contribution in [3.8, 4) is 59.8 Å². The van der Waals surface area contributed by atoms with Gasteiger partial charge in [-0.05, 0) is 79.6 Å². The Kier molecular flexibility index (Phi) is 16.7. The van der Waals surface area contributed by atoms with Crippen LogP contribution in [0.5, 0.6) is 0 Å². The average molecular weight is 985 g/mol. The average Bonchev–Trinajstić information content (AvgIpc) is 3.25. The molecule has 5 rings (SSSR count). The number of aryl methyl sites for hydroxylation is 2. The molecule has 0 aliphatic heterocycles. The Labute approximate surface area is 385 Å².